The van der Waals surface area contributed by atoms with Crippen molar-refractivity contribution >= 4 is 27.8 Å². The molecular weight excluding hydrogens is 302 g/mol. The molecule has 0 spiro atoms. The number of benzene rings is 2. The third-order valence-electron chi connectivity index (χ3n) is 3.74. The largest absolute Gasteiger partial charge is 0.481 e. The summed E-state index contributed by atoms with van der Waals surface area (Å²) >= 11 is 0. The van der Waals surface area contributed by atoms with Crippen LogP contribution in [0.3, 0.4) is 0 Å². The van der Waals surface area contributed by atoms with E-state index in [0.717, 1.165) is 32.9 Å². The first-order chi connectivity index (χ1) is 11.7. The second kappa shape index (κ2) is 6.71. The number of H-pyrrole nitrogens is 2. The van der Waals surface area contributed by atoms with Gasteiger partial charge in [0, 0.05) is 34.2 Å². The molecule has 0 aliphatic rings. The van der Waals surface area contributed by atoms with Crippen LogP contribution in [0.1, 0.15) is 11.1 Å². The van der Waals surface area contributed by atoms with E-state index in [9.17, 15) is 4.79 Å². The number of nitrogens with zero attached hydrogens (tertiary/aromatic N) is 1. The molecule has 0 aliphatic carbocycles. The van der Waals surface area contributed by atoms with E-state index in [0.29, 0.717) is 0 Å². The molecule has 3 N–H and O–H groups in total. The summed E-state index contributed by atoms with van der Waals surface area (Å²) in [6, 6.07) is 17.2. The molecule has 2 aromatic carbocycles. The Morgan fingerprint density at radius 2 is 1.58 bits per heavy atom. The summed E-state index contributed by atoms with van der Waals surface area (Å²) in [7, 11) is 0. The number of hydrogen-bond acceptors (Lipinski definition) is 2. The smallest absolute Gasteiger partial charge is 0.307 e. The number of rotatable bonds is 2. The Kier molecular flexibility index (Phi) is 4.30. The van der Waals surface area contributed by atoms with Crippen molar-refractivity contribution in [2.45, 2.75) is 6.42 Å². The highest BCUT2D eigenvalue weighted by atomic mass is 16.4. The standard InChI is InChI=1S/C10H9NO2.C9H6N2/c12-10(13)6-7-2-1-3-9-8(7)4-5-11-9;10-6-7-2-1-3-9-8(7)4-5-11-9/h1-5,11H,6H2,(H,12,13);1-5,11H. The summed E-state index contributed by atoms with van der Waals surface area (Å²) in [5, 5.41) is 19.3. The van der Waals surface area contributed by atoms with Gasteiger partial charge in [0.05, 0.1) is 18.1 Å². The topological polar surface area (TPSA) is 92.7 Å². The molecule has 0 atom stereocenters. The maximum absolute atomic E-state index is 10.5. The fourth-order valence-corrected chi connectivity index (χ4v) is 2.65. The van der Waals surface area contributed by atoms with Gasteiger partial charge in [-0.1, -0.05) is 18.2 Å². The van der Waals surface area contributed by atoms with Gasteiger partial charge in [-0.25, -0.2) is 0 Å². The molecule has 0 fully saturated rings. The zero-order chi connectivity index (χ0) is 16.9. The van der Waals surface area contributed by atoms with Crippen molar-refractivity contribution in [3.8, 4) is 6.07 Å². The highest BCUT2D eigenvalue weighted by Gasteiger charge is 2.04. The van der Waals surface area contributed by atoms with Crippen LogP contribution in [-0.4, -0.2) is 21.0 Å². The van der Waals surface area contributed by atoms with Gasteiger partial charge >= 0.3 is 5.97 Å². The number of carboxylic acid groups (broad SMARTS) is 1. The summed E-state index contributed by atoms with van der Waals surface area (Å²) in [5.41, 5.74) is 3.58. The molecule has 0 aliphatic heterocycles. The first-order valence-electron chi connectivity index (χ1n) is 7.42. The first-order valence-corrected chi connectivity index (χ1v) is 7.42. The Balaban J connectivity index is 0.000000143. The van der Waals surface area contributed by atoms with E-state index in [1.165, 1.54) is 0 Å². The molecule has 24 heavy (non-hydrogen) atoms. The van der Waals surface area contributed by atoms with Gasteiger partial charge in [0.25, 0.3) is 0 Å². The van der Waals surface area contributed by atoms with Gasteiger partial charge < -0.3 is 15.1 Å². The number of nitriles is 1. The van der Waals surface area contributed by atoms with E-state index in [1.54, 1.807) is 0 Å². The average Bonchev–Trinajstić information content (AvgIpc) is 3.24. The SMILES string of the molecule is N#Cc1cccc2[nH]ccc12.O=C(O)Cc1cccc2[nH]ccc12. The summed E-state index contributed by atoms with van der Waals surface area (Å²) < 4.78 is 0. The summed E-state index contributed by atoms with van der Waals surface area (Å²) in [4.78, 5) is 16.6. The van der Waals surface area contributed by atoms with Crippen molar-refractivity contribution in [1.82, 2.24) is 9.97 Å². The Labute approximate surface area is 138 Å². The molecule has 4 aromatic rings. The lowest BCUT2D eigenvalue weighted by atomic mass is 10.1. The third-order valence-corrected chi connectivity index (χ3v) is 3.74. The number of nitrogens with one attached hydrogen (secondary N) is 2. The average molecular weight is 317 g/mol. The number of fused-ring (bicyclic) bond motifs is 2. The monoisotopic (exact) mass is 317 g/mol. The van der Waals surface area contributed by atoms with Crippen molar-refractivity contribution in [2.24, 2.45) is 0 Å². The van der Waals surface area contributed by atoms with Crippen LogP contribution in [0.15, 0.2) is 60.9 Å². The van der Waals surface area contributed by atoms with Crippen LogP contribution in [-0.2, 0) is 11.2 Å². The van der Waals surface area contributed by atoms with E-state index in [-0.39, 0.29) is 6.42 Å². The summed E-state index contributed by atoms with van der Waals surface area (Å²) in [5.74, 6) is -0.797. The Morgan fingerprint density at radius 3 is 2.25 bits per heavy atom. The highest BCUT2D eigenvalue weighted by Crippen LogP contribution is 2.17. The van der Waals surface area contributed by atoms with Gasteiger partial charge in [0.1, 0.15) is 0 Å². The minimum absolute atomic E-state index is 0.0786. The molecule has 2 aromatic heterocycles. The fraction of sp³-hybridized carbons (Fsp3) is 0.0526. The molecule has 5 heteroatoms. The van der Waals surface area contributed by atoms with Crippen molar-refractivity contribution in [3.63, 3.8) is 0 Å². The Morgan fingerprint density at radius 1 is 0.958 bits per heavy atom. The predicted molar refractivity (Wildman–Crippen MR) is 92.7 cm³/mol. The van der Waals surface area contributed by atoms with Gasteiger partial charge in [-0.05, 0) is 35.9 Å². The van der Waals surface area contributed by atoms with Crippen LogP contribution in [0.2, 0.25) is 0 Å². The maximum atomic E-state index is 10.5. The second-order valence-electron chi connectivity index (χ2n) is 5.28. The molecule has 5 nitrogen and oxygen atoms in total. The maximum Gasteiger partial charge on any atom is 0.307 e. The molecule has 0 saturated carbocycles. The van der Waals surface area contributed by atoms with Crippen LogP contribution in [0.25, 0.3) is 21.8 Å². The van der Waals surface area contributed by atoms with Gasteiger partial charge in [0.2, 0.25) is 0 Å². The van der Waals surface area contributed by atoms with Crippen LogP contribution in [0, 0.1) is 11.3 Å². The molecule has 0 radical (unpaired) electrons. The summed E-state index contributed by atoms with van der Waals surface area (Å²) in [6.45, 7) is 0. The molecule has 4 rings (SSSR count). The van der Waals surface area contributed by atoms with Crippen molar-refractivity contribution in [2.75, 3.05) is 0 Å². The zero-order valence-corrected chi connectivity index (χ0v) is 12.8. The quantitative estimate of drug-likeness (QED) is 0.524. The number of aromatic nitrogens is 2. The van der Waals surface area contributed by atoms with Gasteiger partial charge in [0.15, 0.2) is 0 Å². The van der Waals surface area contributed by atoms with Gasteiger partial charge in [-0.3, -0.25) is 4.79 Å². The van der Waals surface area contributed by atoms with Gasteiger partial charge in [-0.15, -0.1) is 0 Å². The predicted octanol–water partition coefficient (Wildman–Crippen LogP) is 3.83. The summed E-state index contributed by atoms with van der Waals surface area (Å²) in [6.07, 6.45) is 3.73. The number of carbonyl (C=O) groups is 1. The van der Waals surface area contributed by atoms with E-state index >= 15 is 0 Å². The van der Waals surface area contributed by atoms with Crippen molar-refractivity contribution in [3.05, 3.63) is 72.1 Å². The van der Waals surface area contributed by atoms with Crippen molar-refractivity contribution in [1.29, 1.82) is 5.26 Å². The molecule has 0 unspecified atom stereocenters. The number of hydrogen-bond donors (Lipinski definition) is 3. The van der Waals surface area contributed by atoms with Crippen LogP contribution < -0.4 is 0 Å². The Bertz CT molecular complexity index is 1040. The minimum Gasteiger partial charge on any atom is -0.481 e. The van der Waals surface area contributed by atoms with Crippen LogP contribution in [0.4, 0.5) is 0 Å². The number of aliphatic carboxylic acids is 1. The zero-order valence-electron chi connectivity index (χ0n) is 12.8. The normalized spacial score (nSPS) is 10.1. The van der Waals surface area contributed by atoms with Crippen LogP contribution >= 0.6 is 0 Å². The van der Waals surface area contributed by atoms with Gasteiger partial charge in [-0.2, -0.15) is 5.26 Å². The Hall–Kier alpha value is -3.52. The minimum atomic E-state index is -0.797. The van der Waals surface area contributed by atoms with Crippen LogP contribution in [0.5, 0.6) is 0 Å². The van der Waals surface area contributed by atoms with E-state index in [1.807, 2.05) is 60.9 Å². The van der Waals surface area contributed by atoms with Crippen molar-refractivity contribution < 1.29 is 9.90 Å². The highest BCUT2D eigenvalue weighted by molar-refractivity contribution is 5.86. The van der Waals surface area contributed by atoms with E-state index in [2.05, 4.69) is 16.0 Å². The van der Waals surface area contributed by atoms with E-state index in [4.69, 9.17) is 10.4 Å². The first kappa shape index (κ1) is 15.4. The third kappa shape index (κ3) is 3.13. The number of aromatic amines is 2. The molecule has 0 saturated heterocycles. The molecule has 2 heterocycles. The lowest BCUT2D eigenvalue weighted by Crippen LogP contribution is -1.99. The number of carboxylic acids is 1. The lowest BCUT2D eigenvalue weighted by molar-refractivity contribution is -0.136. The molecule has 118 valence electrons. The molecular formula is C19H15N3O2. The lowest BCUT2D eigenvalue weighted by Gasteiger charge is -1.98. The second-order valence-corrected chi connectivity index (χ2v) is 5.28. The van der Waals surface area contributed by atoms with E-state index < -0.39 is 5.97 Å². The fourth-order valence-electron chi connectivity index (χ4n) is 2.65. The molecule has 0 bridgehead atoms. The molecule has 0 amide bonds.